The van der Waals surface area contributed by atoms with E-state index in [-0.39, 0.29) is 18.2 Å². The summed E-state index contributed by atoms with van der Waals surface area (Å²) >= 11 is 0. The third-order valence-corrected chi connectivity index (χ3v) is 4.41. The molecule has 3 unspecified atom stereocenters. The molecule has 2 amide bonds. The number of carbonyl (C=O) groups is 2. The smallest absolute Gasteiger partial charge is 0.315 e. The Kier molecular flexibility index (Phi) is 6.29. The number of nitrogens with one attached hydrogen (secondary N) is 2. The predicted octanol–water partition coefficient (Wildman–Crippen LogP) is 1.89. The molecule has 3 atom stereocenters. The van der Waals surface area contributed by atoms with Crippen molar-refractivity contribution in [1.82, 2.24) is 10.6 Å². The largest absolute Gasteiger partial charge is 0.481 e. The van der Waals surface area contributed by atoms with Gasteiger partial charge in [-0.05, 0) is 32.1 Å². The highest BCUT2D eigenvalue weighted by molar-refractivity contribution is 5.76. The van der Waals surface area contributed by atoms with Gasteiger partial charge >= 0.3 is 12.0 Å². The lowest BCUT2D eigenvalue weighted by atomic mass is 9.95. The van der Waals surface area contributed by atoms with E-state index in [4.69, 9.17) is 4.74 Å². The molecule has 3 N–H and O–H groups in total. The molecule has 1 saturated carbocycles. The first kappa shape index (κ1) is 16.1. The van der Waals surface area contributed by atoms with Crippen molar-refractivity contribution in [2.24, 2.45) is 5.92 Å². The van der Waals surface area contributed by atoms with Crippen LogP contribution in [0, 0.1) is 5.92 Å². The van der Waals surface area contributed by atoms with Crippen LogP contribution < -0.4 is 10.6 Å². The average Bonchev–Trinajstić information content (AvgIpc) is 2.72. The predicted molar refractivity (Wildman–Crippen MR) is 78.1 cm³/mol. The van der Waals surface area contributed by atoms with E-state index in [0.717, 1.165) is 51.6 Å². The molecule has 2 aliphatic rings. The average molecular weight is 298 g/mol. The molecule has 2 fully saturated rings. The van der Waals surface area contributed by atoms with Crippen molar-refractivity contribution < 1.29 is 19.4 Å². The summed E-state index contributed by atoms with van der Waals surface area (Å²) in [6.07, 6.45) is 7.61. The number of hydrogen-bond acceptors (Lipinski definition) is 3. The fourth-order valence-corrected chi connectivity index (χ4v) is 3.17. The van der Waals surface area contributed by atoms with Gasteiger partial charge in [-0.25, -0.2) is 4.79 Å². The first-order valence-electron chi connectivity index (χ1n) is 8.05. The third kappa shape index (κ3) is 5.19. The zero-order chi connectivity index (χ0) is 15.1. The molecule has 1 heterocycles. The number of ether oxygens (including phenoxy) is 1. The van der Waals surface area contributed by atoms with Gasteiger partial charge < -0.3 is 20.5 Å². The highest BCUT2D eigenvalue weighted by Gasteiger charge is 2.30. The molecule has 0 aromatic rings. The minimum Gasteiger partial charge on any atom is -0.481 e. The quantitative estimate of drug-likeness (QED) is 0.692. The van der Waals surface area contributed by atoms with Crippen LogP contribution in [0.5, 0.6) is 0 Å². The molecular formula is C15H26N2O4. The van der Waals surface area contributed by atoms with E-state index in [2.05, 4.69) is 10.6 Å². The fourth-order valence-electron chi connectivity index (χ4n) is 3.17. The lowest BCUT2D eigenvalue weighted by Crippen LogP contribution is -2.49. The van der Waals surface area contributed by atoms with Crippen LogP contribution in [0.1, 0.15) is 51.4 Å². The molecule has 0 aromatic heterocycles. The fraction of sp³-hybridized carbons (Fsp3) is 0.867. The van der Waals surface area contributed by atoms with Gasteiger partial charge in [-0.1, -0.05) is 19.3 Å². The number of rotatable bonds is 4. The first-order chi connectivity index (χ1) is 10.2. The maximum absolute atomic E-state index is 12.0. The second kappa shape index (κ2) is 8.22. The Balaban J connectivity index is 1.77. The summed E-state index contributed by atoms with van der Waals surface area (Å²) in [4.78, 5) is 23.3. The van der Waals surface area contributed by atoms with E-state index in [9.17, 15) is 14.7 Å². The second-order valence-electron chi connectivity index (χ2n) is 6.03. The molecule has 6 nitrogen and oxygen atoms in total. The monoisotopic (exact) mass is 298 g/mol. The number of aliphatic carboxylic acids is 1. The van der Waals surface area contributed by atoms with Crippen LogP contribution in [0.4, 0.5) is 4.79 Å². The Labute approximate surface area is 125 Å². The second-order valence-corrected chi connectivity index (χ2v) is 6.03. The van der Waals surface area contributed by atoms with Crippen molar-refractivity contribution in [1.29, 1.82) is 0 Å². The van der Waals surface area contributed by atoms with Crippen molar-refractivity contribution >= 4 is 12.0 Å². The SMILES string of the molecule is O=C(NCC1CCCCO1)NC1CCCCCC1C(=O)O. The van der Waals surface area contributed by atoms with Crippen molar-refractivity contribution in [3.8, 4) is 0 Å². The molecule has 1 saturated heterocycles. The minimum atomic E-state index is -0.808. The van der Waals surface area contributed by atoms with Crippen LogP contribution in [0.2, 0.25) is 0 Å². The lowest BCUT2D eigenvalue weighted by molar-refractivity contribution is -0.142. The molecule has 2 rings (SSSR count). The third-order valence-electron chi connectivity index (χ3n) is 4.41. The Morgan fingerprint density at radius 2 is 1.81 bits per heavy atom. The van der Waals surface area contributed by atoms with Gasteiger partial charge in [0.1, 0.15) is 0 Å². The molecule has 0 aromatic carbocycles. The Hall–Kier alpha value is -1.30. The normalized spacial score (nSPS) is 30.2. The summed E-state index contributed by atoms with van der Waals surface area (Å²) in [6, 6.07) is -0.542. The molecule has 0 spiro atoms. The van der Waals surface area contributed by atoms with Crippen molar-refractivity contribution in [2.75, 3.05) is 13.2 Å². The van der Waals surface area contributed by atoms with Gasteiger partial charge in [0.15, 0.2) is 0 Å². The molecule has 120 valence electrons. The van der Waals surface area contributed by atoms with Crippen molar-refractivity contribution in [2.45, 2.75) is 63.5 Å². The summed E-state index contributed by atoms with van der Waals surface area (Å²) in [7, 11) is 0. The van der Waals surface area contributed by atoms with Gasteiger partial charge in [0.2, 0.25) is 0 Å². The van der Waals surface area contributed by atoms with E-state index in [1.807, 2.05) is 0 Å². The number of carboxylic acids is 1. The van der Waals surface area contributed by atoms with Gasteiger partial charge in [-0.3, -0.25) is 4.79 Å². The molecule has 1 aliphatic carbocycles. The van der Waals surface area contributed by atoms with Crippen molar-refractivity contribution in [3.63, 3.8) is 0 Å². The number of carboxylic acid groups (broad SMARTS) is 1. The Morgan fingerprint density at radius 1 is 1.05 bits per heavy atom. The summed E-state index contributed by atoms with van der Waals surface area (Å²) in [5, 5.41) is 14.9. The molecular weight excluding hydrogens is 272 g/mol. The molecule has 0 radical (unpaired) electrons. The van der Waals surface area contributed by atoms with E-state index in [1.165, 1.54) is 0 Å². The highest BCUT2D eigenvalue weighted by atomic mass is 16.5. The van der Waals surface area contributed by atoms with Crippen LogP contribution >= 0.6 is 0 Å². The van der Waals surface area contributed by atoms with Crippen molar-refractivity contribution in [3.05, 3.63) is 0 Å². The van der Waals surface area contributed by atoms with Gasteiger partial charge in [0.05, 0.1) is 12.0 Å². The van der Waals surface area contributed by atoms with E-state index >= 15 is 0 Å². The number of amides is 2. The van der Waals surface area contributed by atoms with Gasteiger partial charge in [-0.15, -0.1) is 0 Å². The molecule has 6 heteroatoms. The van der Waals surface area contributed by atoms with E-state index in [0.29, 0.717) is 13.0 Å². The van der Waals surface area contributed by atoms with Crippen LogP contribution in [-0.2, 0) is 9.53 Å². The van der Waals surface area contributed by atoms with Gasteiger partial charge in [0, 0.05) is 19.2 Å². The molecule has 1 aliphatic heterocycles. The summed E-state index contributed by atoms with van der Waals surface area (Å²) < 4.78 is 5.56. The molecule has 0 bridgehead atoms. The van der Waals surface area contributed by atoms with Gasteiger partial charge in [-0.2, -0.15) is 0 Å². The van der Waals surface area contributed by atoms with Crippen LogP contribution in [0.3, 0.4) is 0 Å². The van der Waals surface area contributed by atoms with Gasteiger partial charge in [0.25, 0.3) is 0 Å². The standard InChI is InChI=1S/C15H26N2O4/c18-14(19)12-7-2-1-3-8-13(12)17-15(20)16-10-11-6-4-5-9-21-11/h11-13H,1-10H2,(H,18,19)(H2,16,17,20). The maximum Gasteiger partial charge on any atom is 0.315 e. The summed E-state index contributed by atoms with van der Waals surface area (Å²) in [5.41, 5.74) is 0. The number of urea groups is 1. The summed E-state index contributed by atoms with van der Waals surface area (Å²) in [5.74, 6) is -1.28. The van der Waals surface area contributed by atoms with Crippen LogP contribution in [0.15, 0.2) is 0 Å². The Morgan fingerprint density at radius 3 is 2.52 bits per heavy atom. The van der Waals surface area contributed by atoms with Crippen LogP contribution in [-0.4, -0.2) is 42.4 Å². The maximum atomic E-state index is 12.0. The minimum absolute atomic E-state index is 0.0916. The summed E-state index contributed by atoms with van der Waals surface area (Å²) in [6.45, 7) is 1.26. The Bertz CT molecular complexity index is 356. The van der Waals surface area contributed by atoms with E-state index < -0.39 is 11.9 Å². The number of carbonyl (C=O) groups excluding carboxylic acids is 1. The number of hydrogen-bond donors (Lipinski definition) is 3. The van der Waals surface area contributed by atoms with E-state index in [1.54, 1.807) is 0 Å². The first-order valence-corrected chi connectivity index (χ1v) is 8.05. The topological polar surface area (TPSA) is 87.7 Å². The molecule has 21 heavy (non-hydrogen) atoms. The zero-order valence-electron chi connectivity index (χ0n) is 12.5. The lowest BCUT2D eigenvalue weighted by Gasteiger charge is -2.25. The zero-order valence-corrected chi connectivity index (χ0v) is 12.5. The van der Waals surface area contributed by atoms with Crippen LogP contribution in [0.25, 0.3) is 0 Å². The highest BCUT2D eigenvalue weighted by Crippen LogP contribution is 2.23.